The molecule has 2 aromatic rings. The molecular weight excluding hydrogens is 308 g/mol. The number of hydrazine groups is 1. The number of nitrogens with one attached hydrogen (secondary N) is 3. The number of nitro benzene ring substituents is 1. The zero-order valence-electron chi connectivity index (χ0n) is 11.0. The van der Waals surface area contributed by atoms with Crippen molar-refractivity contribution in [2.75, 3.05) is 5.43 Å². The Hall–Kier alpha value is -3.14. The first-order chi connectivity index (χ1) is 10.6. The number of nitro groups is 1. The van der Waals surface area contributed by atoms with Gasteiger partial charge in [0.2, 0.25) is 0 Å². The van der Waals surface area contributed by atoms with Gasteiger partial charge >= 0.3 is 0 Å². The second-order valence-electron chi connectivity index (χ2n) is 3.93. The zero-order chi connectivity index (χ0) is 15.9. The van der Waals surface area contributed by atoms with Crippen molar-refractivity contribution in [2.45, 2.75) is 0 Å². The fraction of sp³-hybridized carbons (Fsp3) is 0. The van der Waals surface area contributed by atoms with Crippen LogP contribution in [0.3, 0.4) is 0 Å². The van der Waals surface area contributed by atoms with E-state index in [0.29, 0.717) is 5.82 Å². The number of thiocarbonyl (C=S) groups is 1. The van der Waals surface area contributed by atoms with Crippen molar-refractivity contribution in [3.8, 4) is 0 Å². The average molecular weight is 318 g/mol. The van der Waals surface area contributed by atoms with E-state index in [1.54, 1.807) is 0 Å². The molecule has 3 N–H and O–H groups in total. The SMILES string of the molecule is O=C(NC(=S)NNc1cnccn1)c1ccc([N+](=O)[O-])cc1. The van der Waals surface area contributed by atoms with Gasteiger partial charge in [0.25, 0.3) is 11.6 Å². The highest BCUT2D eigenvalue weighted by atomic mass is 32.1. The molecule has 1 aromatic heterocycles. The standard InChI is InChI=1S/C12H10N6O3S/c19-11(8-1-3-9(4-2-8)18(20)21)15-12(22)17-16-10-7-13-5-6-14-10/h1-7H,(H,14,16)(H2,15,17,19,22). The Bertz CT molecular complexity index is 692. The maximum Gasteiger partial charge on any atom is 0.269 e. The molecule has 0 saturated heterocycles. The summed E-state index contributed by atoms with van der Waals surface area (Å²) >= 11 is 4.93. The van der Waals surface area contributed by atoms with Gasteiger partial charge in [-0.1, -0.05) is 0 Å². The molecule has 10 heteroatoms. The van der Waals surface area contributed by atoms with E-state index in [-0.39, 0.29) is 16.4 Å². The number of benzene rings is 1. The van der Waals surface area contributed by atoms with Gasteiger partial charge in [-0.2, -0.15) is 0 Å². The first-order valence-corrected chi connectivity index (χ1v) is 6.35. The molecule has 0 bridgehead atoms. The molecule has 0 saturated carbocycles. The smallest absolute Gasteiger partial charge is 0.269 e. The minimum Gasteiger partial charge on any atom is -0.298 e. The van der Waals surface area contributed by atoms with Crippen LogP contribution in [0.25, 0.3) is 0 Å². The Morgan fingerprint density at radius 1 is 1.23 bits per heavy atom. The lowest BCUT2D eigenvalue weighted by atomic mass is 10.2. The topological polar surface area (TPSA) is 122 Å². The summed E-state index contributed by atoms with van der Waals surface area (Å²) in [6.07, 6.45) is 4.47. The van der Waals surface area contributed by atoms with Crippen LogP contribution >= 0.6 is 12.2 Å². The van der Waals surface area contributed by atoms with Crippen molar-refractivity contribution in [3.05, 3.63) is 58.5 Å². The van der Waals surface area contributed by atoms with Crippen LogP contribution in [0.15, 0.2) is 42.9 Å². The summed E-state index contributed by atoms with van der Waals surface area (Å²) in [5.74, 6) is -0.0669. The molecule has 0 aliphatic carbocycles. The largest absolute Gasteiger partial charge is 0.298 e. The quantitative estimate of drug-likeness (QED) is 0.434. The molecule has 0 fully saturated rings. The van der Waals surface area contributed by atoms with Gasteiger partial charge in [-0.25, -0.2) is 4.98 Å². The van der Waals surface area contributed by atoms with Crippen LogP contribution in [0.2, 0.25) is 0 Å². The van der Waals surface area contributed by atoms with E-state index in [1.165, 1.54) is 42.9 Å². The Morgan fingerprint density at radius 2 is 1.95 bits per heavy atom. The third-order valence-electron chi connectivity index (χ3n) is 2.43. The molecule has 1 amide bonds. The van der Waals surface area contributed by atoms with Gasteiger partial charge in [0, 0.05) is 30.1 Å². The normalized spacial score (nSPS) is 9.64. The van der Waals surface area contributed by atoms with Crippen molar-refractivity contribution in [1.29, 1.82) is 0 Å². The average Bonchev–Trinajstić information content (AvgIpc) is 2.54. The van der Waals surface area contributed by atoms with Gasteiger partial charge < -0.3 is 0 Å². The van der Waals surface area contributed by atoms with Gasteiger partial charge in [-0.3, -0.25) is 36.1 Å². The molecule has 0 radical (unpaired) electrons. The van der Waals surface area contributed by atoms with Gasteiger partial charge in [0.05, 0.1) is 11.1 Å². The number of anilines is 1. The predicted octanol–water partition coefficient (Wildman–Crippen LogP) is 1.02. The van der Waals surface area contributed by atoms with Crippen molar-refractivity contribution < 1.29 is 9.72 Å². The number of nitrogens with zero attached hydrogens (tertiary/aromatic N) is 3. The molecule has 22 heavy (non-hydrogen) atoms. The molecule has 0 spiro atoms. The number of non-ortho nitro benzene ring substituents is 1. The molecule has 0 unspecified atom stereocenters. The van der Waals surface area contributed by atoms with E-state index in [2.05, 4.69) is 26.1 Å². The van der Waals surface area contributed by atoms with Gasteiger partial charge in [0.1, 0.15) is 0 Å². The third-order valence-corrected chi connectivity index (χ3v) is 2.64. The van der Waals surface area contributed by atoms with Gasteiger partial charge in [-0.05, 0) is 24.4 Å². The number of carbonyl (C=O) groups excluding carboxylic acids is 1. The summed E-state index contributed by atoms with van der Waals surface area (Å²) in [5.41, 5.74) is 5.37. The first-order valence-electron chi connectivity index (χ1n) is 5.94. The van der Waals surface area contributed by atoms with Crippen LogP contribution in [-0.2, 0) is 0 Å². The molecule has 0 aliphatic heterocycles. The summed E-state index contributed by atoms with van der Waals surface area (Å²) < 4.78 is 0. The van der Waals surface area contributed by atoms with E-state index < -0.39 is 10.8 Å². The Morgan fingerprint density at radius 3 is 2.55 bits per heavy atom. The first kappa shape index (κ1) is 15.3. The minimum atomic E-state index is -0.543. The van der Waals surface area contributed by atoms with E-state index in [1.807, 2.05) is 0 Å². The van der Waals surface area contributed by atoms with Crippen LogP contribution in [0, 0.1) is 10.1 Å². The Kier molecular flexibility index (Phi) is 4.88. The van der Waals surface area contributed by atoms with E-state index in [9.17, 15) is 14.9 Å². The fourth-order valence-corrected chi connectivity index (χ4v) is 1.57. The van der Waals surface area contributed by atoms with Crippen LogP contribution in [0.5, 0.6) is 0 Å². The summed E-state index contributed by atoms with van der Waals surface area (Å²) in [4.78, 5) is 29.7. The highest BCUT2D eigenvalue weighted by Crippen LogP contribution is 2.11. The van der Waals surface area contributed by atoms with Crippen LogP contribution in [0.4, 0.5) is 11.5 Å². The van der Waals surface area contributed by atoms with Crippen LogP contribution in [0.1, 0.15) is 10.4 Å². The highest BCUT2D eigenvalue weighted by molar-refractivity contribution is 7.80. The molecule has 0 atom stereocenters. The molecule has 112 valence electrons. The summed E-state index contributed by atoms with van der Waals surface area (Å²) in [6, 6.07) is 5.16. The Balaban J connectivity index is 1.88. The molecule has 2 rings (SSSR count). The Labute approximate surface area is 129 Å². The minimum absolute atomic E-state index is 0.0222. The lowest BCUT2D eigenvalue weighted by Crippen LogP contribution is -2.42. The molecule has 0 aliphatic rings. The number of hydrogen-bond donors (Lipinski definition) is 3. The number of aromatic nitrogens is 2. The maximum atomic E-state index is 11.9. The fourth-order valence-electron chi connectivity index (χ4n) is 1.43. The zero-order valence-corrected chi connectivity index (χ0v) is 11.8. The van der Waals surface area contributed by atoms with Crippen molar-refractivity contribution in [1.82, 2.24) is 20.7 Å². The summed E-state index contributed by atoms with van der Waals surface area (Å²) in [5, 5.41) is 13.0. The van der Waals surface area contributed by atoms with Crippen molar-refractivity contribution in [3.63, 3.8) is 0 Å². The molecule has 9 nitrogen and oxygen atoms in total. The van der Waals surface area contributed by atoms with E-state index in [4.69, 9.17) is 12.2 Å². The van der Waals surface area contributed by atoms with Crippen LogP contribution in [-0.4, -0.2) is 25.9 Å². The molecular formula is C12H10N6O3S. The number of rotatable bonds is 4. The molecule has 1 aromatic carbocycles. The lowest BCUT2D eigenvalue weighted by molar-refractivity contribution is -0.384. The van der Waals surface area contributed by atoms with E-state index >= 15 is 0 Å². The predicted molar refractivity (Wildman–Crippen MR) is 82.0 cm³/mol. The third kappa shape index (κ3) is 4.18. The van der Waals surface area contributed by atoms with Gasteiger partial charge in [0.15, 0.2) is 10.9 Å². The van der Waals surface area contributed by atoms with Crippen LogP contribution < -0.4 is 16.2 Å². The maximum absolute atomic E-state index is 11.9. The number of hydrogen-bond acceptors (Lipinski definition) is 7. The van der Waals surface area contributed by atoms with Gasteiger partial charge in [-0.15, -0.1) is 0 Å². The molecule has 1 heterocycles. The summed E-state index contributed by atoms with van der Waals surface area (Å²) in [6.45, 7) is 0. The van der Waals surface area contributed by atoms with E-state index in [0.717, 1.165) is 0 Å². The lowest BCUT2D eigenvalue weighted by Gasteiger charge is -2.10. The number of amides is 1. The second kappa shape index (κ2) is 7.04. The summed E-state index contributed by atoms with van der Waals surface area (Å²) in [7, 11) is 0. The second-order valence-corrected chi connectivity index (χ2v) is 4.34. The highest BCUT2D eigenvalue weighted by Gasteiger charge is 2.10. The number of carbonyl (C=O) groups is 1. The van der Waals surface area contributed by atoms with Crippen molar-refractivity contribution >= 4 is 34.7 Å². The van der Waals surface area contributed by atoms with Crippen molar-refractivity contribution in [2.24, 2.45) is 0 Å². The monoisotopic (exact) mass is 318 g/mol.